The molecule has 0 bridgehead atoms. The lowest BCUT2D eigenvalue weighted by atomic mass is 9.88. The molecule has 0 unspecified atom stereocenters. The lowest BCUT2D eigenvalue weighted by Crippen LogP contribution is -2.11. The summed E-state index contributed by atoms with van der Waals surface area (Å²) in [5, 5.41) is 0. The molecular formula is C9H11N. The highest BCUT2D eigenvalue weighted by Gasteiger charge is 2.12. The van der Waals surface area contributed by atoms with Crippen LogP contribution in [0.4, 0.5) is 0 Å². The first-order chi connectivity index (χ1) is 4.61. The number of aromatic nitrogens is 1. The molecule has 1 aromatic rings. The van der Waals surface area contributed by atoms with Crippen molar-refractivity contribution >= 4 is 0 Å². The van der Waals surface area contributed by atoms with Crippen LogP contribution < -0.4 is 0 Å². The van der Waals surface area contributed by atoms with Crippen LogP contribution >= 0.6 is 0 Å². The van der Waals surface area contributed by atoms with Gasteiger partial charge in [0.2, 0.25) is 0 Å². The molecule has 1 heterocycles. The third-order valence-electron chi connectivity index (χ3n) is 1.36. The predicted octanol–water partition coefficient (Wildman–Crippen LogP) is 1.98. The number of hydrogen-bond donors (Lipinski definition) is 0. The molecule has 0 N–H and O–H groups in total. The van der Waals surface area contributed by atoms with E-state index < -0.39 is 0 Å². The summed E-state index contributed by atoms with van der Waals surface area (Å²) in [6.45, 7) is 6.40. The van der Waals surface area contributed by atoms with E-state index in [4.69, 9.17) is 0 Å². The highest BCUT2D eigenvalue weighted by Crippen LogP contribution is 2.19. The molecule has 0 aliphatic heterocycles. The van der Waals surface area contributed by atoms with Crippen molar-refractivity contribution in [2.24, 2.45) is 0 Å². The second kappa shape index (κ2) is 2.41. The summed E-state index contributed by atoms with van der Waals surface area (Å²) in [7, 11) is 0. The van der Waals surface area contributed by atoms with Crippen molar-refractivity contribution in [1.82, 2.24) is 4.98 Å². The molecular weight excluding hydrogens is 122 g/mol. The van der Waals surface area contributed by atoms with Gasteiger partial charge in [0.1, 0.15) is 0 Å². The fourth-order valence-electron chi connectivity index (χ4n) is 0.676. The number of hydrogen-bond acceptors (Lipinski definition) is 1. The van der Waals surface area contributed by atoms with Crippen LogP contribution in [0.15, 0.2) is 12.3 Å². The van der Waals surface area contributed by atoms with Gasteiger partial charge in [0, 0.05) is 12.3 Å². The number of nitrogens with zero attached hydrogens (tertiary/aromatic N) is 1. The van der Waals surface area contributed by atoms with Crippen molar-refractivity contribution in [2.75, 3.05) is 0 Å². The van der Waals surface area contributed by atoms with Crippen molar-refractivity contribution in [3.63, 3.8) is 0 Å². The number of pyridine rings is 1. The van der Waals surface area contributed by atoms with Gasteiger partial charge < -0.3 is 0 Å². The molecule has 10 heavy (non-hydrogen) atoms. The summed E-state index contributed by atoms with van der Waals surface area (Å²) in [5.74, 6) is 0. The Bertz CT molecular complexity index is 196. The molecule has 1 heteroatoms. The SMILES string of the molecule is CC(C)(C)c1[c]nc[c]c1. The molecule has 0 fully saturated rings. The van der Waals surface area contributed by atoms with Crippen molar-refractivity contribution in [3.8, 4) is 0 Å². The maximum absolute atomic E-state index is 3.87. The molecule has 0 aliphatic carbocycles. The van der Waals surface area contributed by atoms with Crippen LogP contribution in [0.1, 0.15) is 26.3 Å². The highest BCUT2D eigenvalue weighted by molar-refractivity contribution is 5.15. The summed E-state index contributed by atoms with van der Waals surface area (Å²) in [4.78, 5) is 3.87. The van der Waals surface area contributed by atoms with Gasteiger partial charge in [0.25, 0.3) is 0 Å². The largest absolute Gasteiger partial charge is 0.254 e. The second-order valence-electron chi connectivity index (χ2n) is 3.34. The minimum atomic E-state index is 0.144. The van der Waals surface area contributed by atoms with E-state index in [1.165, 1.54) is 0 Å². The minimum Gasteiger partial charge on any atom is -0.254 e. The highest BCUT2D eigenvalue weighted by atomic mass is 14.6. The van der Waals surface area contributed by atoms with Crippen molar-refractivity contribution < 1.29 is 0 Å². The van der Waals surface area contributed by atoms with Gasteiger partial charge in [0.05, 0.1) is 6.20 Å². The Balaban J connectivity index is 2.97. The van der Waals surface area contributed by atoms with Crippen molar-refractivity contribution in [1.29, 1.82) is 0 Å². The first-order valence-corrected chi connectivity index (χ1v) is 3.35. The van der Waals surface area contributed by atoms with Gasteiger partial charge >= 0.3 is 0 Å². The predicted molar refractivity (Wildman–Crippen MR) is 40.6 cm³/mol. The maximum Gasteiger partial charge on any atom is 0.0926 e. The van der Waals surface area contributed by atoms with E-state index in [0.29, 0.717) is 0 Å². The summed E-state index contributed by atoms with van der Waals surface area (Å²) < 4.78 is 0. The lowest BCUT2D eigenvalue weighted by Gasteiger charge is -2.16. The monoisotopic (exact) mass is 133 g/mol. The van der Waals surface area contributed by atoms with E-state index >= 15 is 0 Å². The van der Waals surface area contributed by atoms with E-state index in [-0.39, 0.29) is 5.41 Å². The first kappa shape index (κ1) is 7.26. The average Bonchev–Trinajstić information content (AvgIpc) is 1.88. The van der Waals surface area contributed by atoms with Crippen LogP contribution in [-0.2, 0) is 5.41 Å². The van der Waals surface area contributed by atoms with E-state index in [1.54, 1.807) is 6.20 Å². The second-order valence-corrected chi connectivity index (χ2v) is 3.34. The first-order valence-electron chi connectivity index (χ1n) is 3.35. The molecule has 0 saturated carbocycles. The van der Waals surface area contributed by atoms with Crippen molar-refractivity contribution in [3.05, 3.63) is 30.1 Å². The number of rotatable bonds is 0. The molecule has 1 rings (SSSR count). The third kappa shape index (κ3) is 1.56. The van der Waals surface area contributed by atoms with Crippen LogP contribution in [0.5, 0.6) is 0 Å². The molecule has 0 spiro atoms. The summed E-state index contributed by atoms with van der Waals surface area (Å²) in [5.41, 5.74) is 1.25. The molecule has 2 radical (unpaired) electrons. The van der Waals surface area contributed by atoms with E-state index in [1.807, 2.05) is 6.07 Å². The van der Waals surface area contributed by atoms with Gasteiger partial charge in [-0.1, -0.05) is 20.8 Å². The molecule has 1 nitrogen and oxygen atoms in total. The Morgan fingerprint density at radius 3 is 2.40 bits per heavy atom. The zero-order valence-corrected chi connectivity index (χ0v) is 6.60. The molecule has 0 saturated heterocycles. The van der Waals surface area contributed by atoms with Gasteiger partial charge in [-0.3, -0.25) is 4.98 Å². The van der Waals surface area contributed by atoms with Crippen LogP contribution in [0.25, 0.3) is 0 Å². The summed E-state index contributed by atoms with van der Waals surface area (Å²) >= 11 is 0. The standard InChI is InChI=1S/C9H11N/c1-9(2,3)8-5-4-6-10-7-8/h5-6H,1-3H3. The normalized spacial score (nSPS) is 11.5. The van der Waals surface area contributed by atoms with Gasteiger partial charge in [-0.05, 0) is 17.0 Å². The summed E-state index contributed by atoms with van der Waals surface area (Å²) in [6.07, 6.45) is 4.55. The minimum absolute atomic E-state index is 0.144. The molecule has 0 aliphatic rings. The van der Waals surface area contributed by atoms with Crippen molar-refractivity contribution in [2.45, 2.75) is 26.2 Å². The van der Waals surface area contributed by atoms with Crippen LogP contribution in [0.2, 0.25) is 0 Å². The lowest BCUT2D eigenvalue weighted by molar-refractivity contribution is 0.586. The molecule has 52 valence electrons. The molecule has 1 aromatic heterocycles. The van der Waals surface area contributed by atoms with Gasteiger partial charge in [-0.2, -0.15) is 0 Å². The zero-order chi connectivity index (χ0) is 7.61. The average molecular weight is 133 g/mol. The Morgan fingerprint density at radius 1 is 1.40 bits per heavy atom. The fourth-order valence-corrected chi connectivity index (χ4v) is 0.676. The van der Waals surface area contributed by atoms with Crippen LogP contribution in [0, 0.1) is 12.3 Å². The van der Waals surface area contributed by atoms with Gasteiger partial charge in [-0.15, -0.1) is 0 Å². The molecule has 0 amide bonds. The summed E-state index contributed by atoms with van der Waals surface area (Å²) in [6, 6.07) is 4.85. The smallest absolute Gasteiger partial charge is 0.0926 e. The topological polar surface area (TPSA) is 12.9 Å². The zero-order valence-electron chi connectivity index (χ0n) is 6.60. The Labute approximate surface area is 62.1 Å². The molecule has 0 atom stereocenters. The van der Waals surface area contributed by atoms with Gasteiger partial charge in [-0.25, -0.2) is 0 Å². The molecule has 0 aromatic carbocycles. The Kier molecular flexibility index (Phi) is 1.75. The fraction of sp³-hybridized carbons (Fsp3) is 0.444. The van der Waals surface area contributed by atoms with Crippen LogP contribution in [0.3, 0.4) is 0 Å². The Morgan fingerprint density at radius 2 is 2.10 bits per heavy atom. The maximum atomic E-state index is 3.87. The van der Waals surface area contributed by atoms with E-state index in [9.17, 15) is 0 Å². The van der Waals surface area contributed by atoms with Gasteiger partial charge in [0.15, 0.2) is 0 Å². The quantitative estimate of drug-likeness (QED) is 0.527. The van der Waals surface area contributed by atoms with E-state index in [0.717, 1.165) is 5.56 Å². The third-order valence-corrected chi connectivity index (χ3v) is 1.36. The Hall–Kier alpha value is -0.850. The van der Waals surface area contributed by atoms with Crippen LogP contribution in [-0.4, -0.2) is 4.98 Å². The van der Waals surface area contributed by atoms with E-state index in [2.05, 4.69) is 38.0 Å².